The predicted molar refractivity (Wildman–Crippen MR) is 73.3 cm³/mol. The second kappa shape index (κ2) is 5.57. The quantitative estimate of drug-likeness (QED) is 0.822. The topological polar surface area (TPSA) is 62.2 Å². The van der Waals surface area contributed by atoms with Crippen molar-refractivity contribution in [1.29, 1.82) is 0 Å². The van der Waals surface area contributed by atoms with Gasteiger partial charge in [0.25, 0.3) is 0 Å². The summed E-state index contributed by atoms with van der Waals surface area (Å²) in [5.74, 6) is -0.0891. The minimum atomic E-state index is -1.01. The summed E-state index contributed by atoms with van der Waals surface area (Å²) in [6, 6.07) is 2.83. The minimum Gasteiger partial charge on any atom is -0.478 e. The van der Waals surface area contributed by atoms with E-state index < -0.39 is 5.97 Å². The lowest BCUT2D eigenvalue weighted by Gasteiger charge is -2.27. The second-order valence-electron chi connectivity index (χ2n) is 5.52. The van der Waals surface area contributed by atoms with Crippen LogP contribution in [0.3, 0.4) is 0 Å². The number of halogens is 1. The fourth-order valence-electron chi connectivity index (χ4n) is 1.27. The Bertz CT molecular complexity index is 441. The first-order valence-electron chi connectivity index (χ1n) is 5.85. The van der Waals surface area contributed by atoms with Gasteiger partial charge in [-0.05, 0) is 23.5 Å². The average Bonchev–Trinajstić information content (AvgIpc) is 2.23. The third-order valence-corrected chi connectivity index (χ3v) is 3.30. The first-order valence-corrected chi connectivity index (χ1v) is 6.22. The van der Waals surface area contributed by atoms with Crippen LogP contribution in [-0.2, 0) is 0 Å². The maximum atomic E-state index is 10.9. The van der Waals surface area contributed by atoms with E-state index in [-0.39, 0.29) is 16.1 Å². The molecule has 1 heterocycles. The number of aromatic carboxylic acids is 1. The number of rotatable bonds is 4. The Balaban J connectivity index is 2.77. The number of anilines is 1. The van der Waals surface area contributed by atoms with Gasteiger partial charge in [-0.1, -0.05) is 39.3 Å². The maximum Gasteiger partial charge on any atom is 0.335 e. The lowest BCUT2D eigenvalue weighted by molar-refractivity contribution is 0.0697. The highest BCUT2D eigenvalue weighted by Gasteiger charge is 2.19. The Hall–Kier alpha value is -1.29. The van der Waals surface area contributed by atoms with Crippen LogP contribution in [0, 0.1) is 11.3 Å². The zero-order chi connectivity index (χ0) is 13.9. The molecule has 0 radical (unpaired) electrons. The van der Waals surface area contributed by atoms with Crippen molar-refractivity contribution in [1.82, 2.24) is 4.98 Å². The van der Waals surface area contributed by atoms with Gasteiger partial charge in [0, 0.05) is 6.54 Å². The Kier molecular flexibility index (Phi) is 4.57. The van der Waals surface area contributed by atoms with E-state index in [1.165, 1.54) is 12.1 Å². The van der Waals surface area contributed by atoms with E-state index in [2.05, 4.69) is 38.0 Å². The van der Waals surface area contributed by atoms with Crippen LogP contribution in [0.5, 0.6) is 0 Å². The predicted octanol–water partition coefficient (Wildman–Crippen LogP) is 3.53. The first-order chi connectivity index (χ1) is 8.20. The number of aromatic nitrogens is 1. The summed E-state index contributed by atoms with van der Waals surface area (Å²) in [4.78, 5) is 14.9. The van der Waals surface area contributed by atoms with Crippen LogP contribution in [0.15, 0.2) is 12.1 Å². The fraction of sp³-hybridized carbons (Fsp3) is 0.538. The summed E-state index contributed by atoms with van der Waals surface area (Å²) in [5.41, 5.74) is 0.321. The Labute approximate surface area is 112 Å². The number of hydrogen-bond donors (Lipinski definition) is 2. The number of carboxylic acids is 1. The van der Waals surface area contributed by atoms with Gasteiger partial charge in [0.05, 0.1) is 5.56 Å². The van der Waals surface area contributed by atoms with Crippen molar-refractivity contribution in [2.75, 3.05) is 11.9 Å². The maximum absolute atomic E-state index is 10.9. The van der Waals surface area contributed by atoms with Gasteiger partial charge >= 0.3 is 5.97 Å². The highest BCUT2D eigenvalue weighted by Crippen LogP contribution is 2.25. The van der Waals surface area contributed by atoms with Crippen LogP contribution < -0.4 is 5.32 Å². The van der Waals surface area contributed by atoms with Crippen LogP contribution in [-0.4, -0.2) is 22.6 Å². The van der Waals surface area contributed by atoms with Crippen LogP contribution in [0.4, 0.5) is 5.82 Å². The smallest absolute Gasteiger partial charge is 0.335 e. The highest BCUT2D eigenvalue weighted by molar-refractivity contribution is 6.29. The second-order valence-corrected chi connectivity index (χ2v) is 5.90. The van der Waals surface area contributed by atoms with Gasteiger partial charge in [-0.15, -0.1) is 0 Å². The van der Waals surface area contributed by atoms with Crippen LogP contribution in [0.25, 0.3) is 0 Å². The zero-order valence-corrected chi connectivity index (χ0v) is 11.9. The van der Waals surface area contributed by atoms with Gasteiger partial charge < -0.3 is 10.4 Å². The van der Waals surface area contributed by atoms with Gasteiger partial charge in [0.1, 0.15) is 11.0 Å². The van der Waals surface area contributed by atoms with Crippen molar-refractivity contribution in [2.24, 2.45) is 11.3 Å². The van der Waals surface area contributed by atoms with Gasteiger partial charge in [0.15, 0.2) is 0 Å². The van der Waals surface area contributed by atoms with Gasteiger partial charge in [-0.25, -0.2) is 9.78 Å². The highest BCUT2D eigenvalue weighted by atomic mass is 35.5. The number of nitrogens with one attached hydrogen (secondary N) is 1. The van der Waals surface area contributed by atoms with E-state index in [1.807, 2.05) is 0 Å². The molecule has 1 atom stereocenters. The summed E-state index contributed by atoms with van der Waals surface area (Å²) in [5, 5.41) is 12.2. The normalized spacial score (nSPS) is 13.2. The largest absolute Gasteiger partial charge is 0.478 e. The minimum absolute atomic E-state index is 0.140. The molecule has 0 fully saturated rings. The van der Waals surface area contributed by atoms with Crippen molar-refractivity contribution >= 4 is 23.4 Å². The number of carboxylic acid groups (broad SMARTS) is 1. The molecule has 2 N–H and O–H groups in total. The average molecular weight is 271 g/mol. The number of carbonyl (C=O) groups is 1. The summed E-state index contributed by atoms with van der Waals surface area (Å²) in [7, 11) is 0. The lowest BCUT2D eigenvalue weighted by atomic mass is 9.82. The molecule has 1 rings (SSSR count). The molecule has 0 amide bonds. The SMILES string of the molecule is CC(CNc1cc(C(=O)O)cc(Cl)n1)C(C)(C)C. The number of nitrogens with zero attached hydrogens (tertiary/aromatic N) is 1. The van der Waals surface area contributed by atoms with Crippen LogP contribution in [0.2, 0.25) is 5.15 Å². The summed E-state index contributed by atoms with van der Waals surface area (Å²) in [6.07, 6.45) is 0. The third-order valence-electron chi connectivity index (χ3n) is 3.11. The van der Waals surface area contributed by atoms with Gasteiger partial charge in [-0.3, -0.25) is 0 Å². The summed E-state index contributed by atoms with van der Waals surface area (Å²) >= 11 is 5.78. The molecule has 1 aromatic rings. The first kappa shape index (κ1) is 14.8. The molecule has 0 aromatic carbocycles. The zero-order valence-electron chi connectivity index (χ0n) is 11.1. The van der Waals surface area contributed by atoms with E-state index in [9.17, 15) is 4.79 Å². The Morgan fingerprint density at radius 2 is 2.11 bits per heavy atom. The Morgan fingerprint density at radius 1 is 1.50 bits per heavy atom. The van der Waals surface area contributed by atoms with Crippen molar-refractivity contribution in [3.63, 3.8) is 0 Å². The molecule has 0 aliphatic heterocycles. The lowest BCUT2D eigenvalue weighted by Crippen LogP contribution is -2.25. The summed E-state index contributed by atoms with van der Waals surface area (Å²) in [6.45, 7) is 9.33. The van der Waals surface area contributed by atoms with Crippen molar-refractivity contribution in [2.45, 2.75) is 27.7 Å². The fourth-order valence-corrected chi connectivity index (χ4v) is 1.48. The molecule has 5 heteroatoms. The van der Waals surface area contributed by atoms with Crippen molar-refractivity contribution in [3.05, 3.63) is 22.8 Å². The molecule has 1 aromatic heterocycles. The van der Waals surface area contributed by atoms with E-state index >= 15 is 0 Å². The molecule has 100 valence electrons. The molecule has 0 saturated heterocycles. The Morgan fingerprint density at radius 3 is 2.61 bits per heavy atom. The summed E-state index contributed by atoms with van der Waals surface area (Å²) < 4.78 is 0. The standard InChI is InChI=1S/C13H19ClN2O2/c1-8(13(2,3)4)7-15-11-6-9(12(17)18)5-10(14)16-11/h5-6,8H,7H2,1-4H3,(H,15,16)(H,17,18). The van der Waals surface area contributed by atoms with Crippen molar-refractivity contribution < 1.29 is 9.90 Å². The van der Waals surface area contributed by atoms with Crippen LogP contribution >= 0.6 is 11.6 Å². The van der Waals surface area contributed by atoms with Gasteiger partial charge in [-0.2, -0.15) is 0 Å². The van der Waals surface area contributed by atoms with Gasteiger partial charge in [0.2, 0.25) is 0 Å². The number of pyridine rings is 1. The van der Waals surface area contributed by atoms with Crippen LogP contribution in [0.1, 0.15) is 38.1 Å². The molecule has 0 aliphatic rings. The molecule has 4 nitrogen and oxygen atoms in total. The van der Waals surface area contributed by atoms with E-state index in [4.69, 9.17) is 16.7 Å². The van der Waals surface area contributed by atoms with E-state index in [0.717, 1.165) is 6.54 Å². The molecular weight excluding hydrogens is 252 g/mol. The molecular formula is C13H19ClN2O2. The molecule has 0 saturated carbocycles. The molecule has 0 bridgehead atoms. The monoisotopic (exact) mass is 270 g/mol. The van der Waals surface area contributed by atoms with E-state index in [1.54, 1.807) is 0 Å². The molecule has 18 heavy (non-hydrogen) atoms. The van der Waals surface area contributed by atoms with E-state index in [0.29, 0.717) is 11.7 Å². The van der Waals surface area contributed by atoms with Crippen molar-refractivity contribution in [3.8, 4) is 0 Å². The number of hydrogen-bond acceptors (Lipinski definition) is 3. The molecule has 0 aliphatic carbocycles. The third kappa shape index (κ3) is 4.18. The molecule has 1 unspecified atom stereocenters. The molecule has 0 spiro atoms.